The highest BCUT2D eigenvalue weighted by Crippen LogP contribution is 2.48. The minimum Gasteiger partial charge on any atom is -0.490 e. The fraction of sp³-hybridized carbons (Fsp3) is 0.529. The number of rotatable bonds is 3. The SMILES string of the molecule is NCC#Cc1ccc(F)c(OCC2CC3CCC2C3)c1. The second-order valence-electron chi connectivity index (χ2n) is 5.90. The van der Waals surface area contributed by atoms with E-state index in [0.717, 1.165) is 17.4 Å². The summed E-state index contributed by atoms with van der Waals surface area (Å²) in [5.41, 5.74) is 6.09. The number of ether oxygens (including phenoxy) is 1. The zero-order valence-electron chi connectivity index (χ0n) is 11.6. The van der Waals surface area contributed by atoms with Gasteiger partial charge in [0.05, 0.1) is 13.2 Å². The second kappa shape index (κ2) is 5.85. The molecular weight excluding hydrogens is 253 g/mol. The summed E-state index contributed by atoms with van der Waals surface area (Å²) in [7, 11) is 0. The van der Waals surface area contributed by atoms with Gasteiger partial charge in [-0.3, -0.25) is 0 Å². The highest BCUT2D eigenvalue weighted by molar-refractivity contribution is 5.40. The van der Waals surface area contributed by atoms with Crippen molar-refractivity contribution in [3.05, 3.63) is 29.6 Å². The Labute approximate surface area is 119 Å². The molecule has 3 unspecified atom stereocenters. The Morgan fingerprint density at radius 1 is 1.30 bits per heavy atom. The standard InChI is InChI=1S/C17H20FNO/c18-16-6-4-12(2-1-7-19)10-17(16)20-11-15-9-13-3-5-14(15)8-13/h4,6,10,13-15H,3,5,7-9,11,19H2. The lowest BCUT2D eigenvalue weighted by atomic mass is 9.89. The quantitative estimate of drug-likeness (QED) is 0.859. The van der Waals surface area contributed by atoms with E-state index < -0.39 is 0 Å². The molecule has 2 fully saturated rings. The van der Waals surface area contributed by atoms with Crippen molar-refractivity contribution < 1.29 is 9.13 Å². The van der Waals surface area contributed by atoms with E-state index in [-0.39, 0.29) is 5.82 Å². The molecule has 2 saturated carbocycles. The molecule has 2 N–H and O–H groups in total. The van der Waals surface area contributed by atoms with E-state index in [9.17, 15) is 4.39 Å². The summed E-state index contributed by atoms with van der Waals surface area (Å²) >= 11 is 0. The first-order valence-electron chi connectivity index (χ1n) is 7.37. The van der Waals surface area contributed by atoms with Crippen LogP contribution in [0.1, 0.15) is 31.2 Å². The number of benzene rings is 1. The summed E-state index contributed by atoms with van der Waals surface area (Å²) in [6, 6.07) is 4.74. The smallest absolute Gasteiger partial charge is 0.165 e. The van der Waals surface area contributed by atoms with Gasteiger partial charge in [-0.25, -0.2) is 4.39 Å². The van der Waals surface area contributed by atoms with Gasteiger partial charge in [-0.15, -0.1) is 0 Å². The maximum absolute atomic E-state index is 13.8. The Balaban J connectivity index is 1.64. The molecule has 2 nitrogen and oxygen atoms in total. The fourth-order valence-electron chi connectivity index (χ4n) is 3.62. The van der Waals surface area contributed by atoms with Crippen molar-refractivity contribution in [3.8, 4) is 17.6 Å². The Hall–Kier alpha value is -1.53. The van der Waals surface area contributed by atoms with Crippen LogP contribution >= 0.6 is 0 Å². The lowest BCUT2D eigenvalue weighted by Crippen LogP contribution is -2.18. The van der Waals surface area contributed by atoms with Crippen molar-refractivity contribution >= 4 is 0 Å². The summed E-state index contributed by atoms with van der Waals surface area (Å²) in [5.74, 6) is 7.97. The van der Waals surface area contributed by atoms with Gasteiger partial charge in [0.2, 0.25) is 0 Å². The van der Waals surface area contributed by atoms with E-state index >= 15 is 0 Å². The van der Waals surface area contributed by atoms with E-state index in [1.807, 2.05) is 0 Å². The zero-order chi connectivity index (χ0) is 13.9. The third-order valence-corrected chi connectivity index (χ3v) is 4.60. The predicted molar refractivity (Wildman–Crippen MR) is 76.8 cm³/mol. The minimum atomic E-state index is -0.313. The van der Waals surface area contributed by atoms with E-state index in [2.05, 4.69) is 11.8 Å². The maximum atomic E-state index is 13.8. The second-order valence-corrected chi connectivity index (χ2v) is 5.90. The zero-order valence-corrected chi connectivity index (χ0v) is 11.6. The minimum absolute atomic E-state index is 0.304. The van der Waals surface area contributed by atoms with Crippen LogP contribution in [0.4, 0.5) is 4.39 Å². The molecule has 106 valence electrons. The van der Waals surface area contributed by atoms with E-state index in [4.69, 9.17) is 10.5 Å². The molecule has 0 radical (unpaired) electrons. The Bertz CT molecular complexity index is 546. The van der Waals surface area contributed by atoms with Crippen molar-refractivity contribution in [2.24, 2.45) is 23.5 Å². The molecule has 2 bridgehead atoms. The summed E-state index contributed by atoms with van der Waals surface area (Å²) in [4.78, 5) is 0. The first-order chi connectivity index (χ1) is 9.76. The van der Waals surface area contributed by atoms with Crippen molar-refractivity contribution in [2.45, 2.75) is 25.7 Å². The molecule has 1 aromatic carbocycles. The van der Waals surface area contributed by atoms with Crippen LogP contribution in [-0.4, -0.2) is 13.2 Å². The van der Waals surface area contributed by atoms with Crippen LogP contribution in [0.15, 0.2) is 18.2 Å². The van der Waals surface area contributed by atoms with Gasteiger partial charge in [-0.2, -0.15) is 0 Å². The fourth-order valence-corrected chi connectivity index (χ4v) is 3.62. The van der Waals surface area contributed by atoms with Gasteiger partial charge in [0.1, 0.15) is 0 Å². The molecule has 3 heteroatoms. The molecular formula is C17H20FNO. The van der Waals surface area contributed by atoms with Crippen molar-refractivity contribution in [1.29, 1.82) is 0 Å². The van der Waals surface area contributed by atoms with Gasteiger partial charge in [-0.1, -0.05) is 18.3 Å². The number of hydrogen-bond donors (Lipinski definition) is 1. The van der Waals surface area contributed by atoms with Gasteiger partial charge in [-0.05, 0) is 55.2 Å². The first-order valence-corrected chi connectivity index (χ1v) is 7.37. The molecule has 0 saturated heterocycles. The van der Waals surface area contributed by atoms with Crippen LogP contribution in [-0.2, 0) is 0 Å². The first kappa shape index (κ1) is 13.5. The molecule has 2 aliphatic carbocycles. The third-order valence-electron chi connectivity index (χ3n) is 4.60. The summed E-state index contributed by atoms with van der Waals surface area (Å²) in [5, 5.41) is 0. The lowest BCUT2D eigenvalue weighted by molar-refractivity contribution is 0.189. The highest BCUT2D eigenvalue weighted by Gasteiger charge is 2.39. The van der Waals surface area contributed by atoms with E-state index in [1.54, 1.807) is 12.1 Å². The number of hydrogen-bond acceptors (Lipinski definition) is 2. The largest absolute Gasteiger partial charge is 0.490 e. The van der Waals surface area contributed by atoms with Gasteiger partial charge in [0.15, 0.2) is 11.6 Å². The predicted octanol–water partition coefficient (Wildman–Crippen LogP) is 2.95. The van der Waals surface area contributed by atoms with Crippen LogP contribution in [0, 0.1) is 35.4 Å². The molecule has 0 amide bonds. The molecule has 0 aromatic heterocycles. The monoisotopic (exact) mass is 273 g/mol. The van der Waals surface area contributed by atoms with Crippen LogP contribution in [0.25, 0.3) is 0 Å². The summed E-state index contributed by atoms with van der Waals surface area (Å²) in [6.07, 6.45) is 5.29. The van der Waals surface area contributed by atoms with Crippen molar-refractivity contribution in [2.75, 3.05) is 13.2 Å². The lowest BCUT2D eigenvalue weighted by Gasteiger charge is -2.21. The molecule has 2 aliphatic rings. The Morgan fingerprint density at radius 2 is 2.20 bits per heavy atom. The van der Waals surface area contributed by atoms with Crippen LogP contribution in [0.3, 0.4) is 0 Å². The van der Waals surface area contributed by atoms with Crippen molar-refractivity contribution in [3.63, 3.8) is 0 Å². The Kier molecular flexibility index (Phi) is 3.93. The average molecular weight is 273 g/mol. The van der Waals surface area contributed by atoms with Crippen LogP contribution in [0.5, 0.6) is 5.75 Å². The van der Waals surface area contributed by atoms with Gasteiger partial charge >= 0.3 is 0 Å². The topological polar surface area (TPSA) is 35.2 Å². The van der Waals surface area contributed by atoms with Gasteiger partial charge in [0.25, 0.3) is 0 Å². The highest BCUT2D eigenvalue weighted by atomic mass is 19.1. The molecule has 3 atom stereocenters. The van der Waals surface area contributed by atoms with Gasteiger partial charge in [0, 0.05) is 5.56 Å². The third kappa shape index (κ3) is 2.81. The van der Waals surface area contributed by atoms with Crippen LogP contribution < -0.4 is 10.5 Å². The normalized spacial score (nSPS) is 27.2. The van der Waals surface area contributed by atoms with Crippen LogP contribution in [0.2, 0.25) is 0 Å². The van der Waals surface area contributed by atoms with E-state index in [0.29, 0.717) is 24.8 Å². The average Bonchev–Trinajstić information content (AvgIpc) is 3.07. The molecule has 0 spiro atoms. The number of fused-ring (bicyclic) bond motifs is 2. The maximum Gasteiger partial charge on any atom is 0.165 e. The van der Waals surface area contributed by atoms with Gasteiger partial charge < -0.3 is 10.5 Å². The van der Waals surface area contributed by atoms with Crippen molar-refractivity contribution in [1.82, 2.24) is 0 Å². The van der Waals surface area contributed by atoms with E-state index in [1.165, 1.54) is 31.7 Å². The molecule has 0 heterocycles. The molecule has 1 aromatic rings. The summed E-state index contributed by atoms with van der Waals surface area (Å²) < 4.78 is 19.5. The molecule has 0 aliphatic heterocycles. The summed E-state index contributed by atoms with van der Waals surface area (Å²) in [6.45, 7) is 0.935. The number of nitrogens with two attached hydrogens (primary N) is 1. The number of halogens is 1. The molecule has 3 rings (SSSR count). The molecule has 20 heavy (non-hydrogen) atoms. The Morgan fingerprint density at radius 3 is 2.90 bits per heavy atom.